The SMILES string of the molecule is CN1CCC2(CC1)CN(C)C(=O)c1cccnc1O2. The van der Waals surface area contributed by atoms with Crippen molar-refractivity contribution in [2.45, 2.75) is 18.4 Å². The van der Waals surface area contributed by atoms with Gasteiger partial charge in [-0.05, 0) is 19.2 Å². The summed E-state index contributed by atoms with van der Waals surface area (Å²) in [4.78, 5) is 20.6. The molecule has 1 fully saturated rings. The number of carbonyl (C=O) groups is 1. The second-order valence-electron chi connectivity index (χ2n) is 5.61. The van der Waals surface area contributed by atoms with E-state index in [1.807, 2.05) is 7.05 Å². The molecule has 1 aromatic rings. The van der Waals surface area contributed by atoms with Crippen LogP contribution in [-0.4, -0.2) is 60.0 Å². The fourth-order valence-electron chi connectivity index (χ4n) is 2.87. The van der Waals surface area contributed by atoms with Gasteiger partial charge in [0.25, 0.3) is 5.91 Å². The minimum Gasteiger partial charge on any atom is -0.468 e. The Hall–Kier alpha value is -1.62. The van der Waals surface area contributed by atoms with E-state index in [1.54, 1.807) is 23.2 Å². The topological polar surface area (TPSA) is 45.7 Å². The predicted octanol–water partition coefficient (Wildman–Crippen LogP) is 1.01. The van der Waals surface area contributed by atoms with E-state index in [4.69, 9.17) is 4.74 Å². The average molecular weight is 261 g/mol. The number of rotatable bonds is 0. The van der Waals surface area contributed by atoms with Gasteiger partial charge in [-0.2, -0.15) is 0 Å². The molecule has 3 heterocycles. The van der Waals surface area contributed by atoms with Crippen molar-refractivity contribution in [3.63, 3.8) is 0 Å². The molecule has 3 rings (SSSR count). The molecule has 102 valence electrons. The fraction of sp³-hybridized carbons (Fsp3) is 0.571. The number of pyridine rings is 1. The van der Waals surface area contributed by atoms with Gasteiger partial charge >= 0.3 is 0 Å². The van der Waals surface area contributed by atoms with Crippen molar-refractivity contribution >= 4 is 5.91 Å². The van der Waals surface area contributed by atoms with Crippen LogP contribution in [0.15, 0.2) is 18.3 Å². The summed E-state index contributed by atoms with van der Waals surface area (Å²) >= 11 is 0. The first-order valence-electron chi connectivity index (χ1n) is 6.68. The predicted molar refractivity (Wildman–Crippen MR) is 71.3 cm³/mol. The van der Waals surface area contributed by atoms with Crippen LogP contribution in [0.4, 0.5) is 0 Å². The van der Waals surface area contributed by atoms with Crippen molar-refractivity contribution in [1.82, 2.24) is 14.8 Å². The first-order chi connectivity index (χ1) is 9.10. The highest BCUT2D eigenvalue weighted by molar-refractivity contribution is 5.96. The zero-order valence-electron chi connectivity index (χ0n) is 11.4. The Morgan fingerprint density at radius 2 is 2.05 bits per heavy atom. The molecule has 5 heteroatoms. The molecule has 0 saturated carbocycles. The number of hydrogen-bond acceptors (Lipinski definition) is 4. The zero-order chi connectivity index (χ0) is 13.5. The Kier molecular flexibility index (Phi) is 2.93. The highest BCUT2D eigenvalue weighted by atomic mass is 16.5. The van der Waals surface area contributed by atoms with E-state index in [0.29, 0.717) is 18.0 Å². The third-order valence-corrected chi connectivity index (χ3v) is 4.09. The van der Waals surface area contributed by atoms with Crippen LogP contribution in [0.1, 0.15) is 23.2 Å². The minimum atomic E-state index is -0.281. The van der Waals surface area contributed by atoms with Crippen molar-refractivity contribution < 1.29 is 9.53 Å². The molecule has 2 aliphatic rings. The number of carbonyl (C=O) groups excluding carboxylic acids is 1. The van der Waals surface area contributed by atoms with Gasteiger partial charge in [-0.1, -0.05) is 0 Å². The van der Waals surface area contributed by atoms with Crippen molar-refractivity contribution in [2.24, 2.45) is 0 Å². The maximum Gasteiger partial charge on any atom is 0.259 e. The zero-order valence-corrected chi connectivity index (χ0v) is 11.4. The summed E-state index contributed by atoms with van der Waals surface area (Å²) in [5, 5.41) is 0. The molecule has 0 aromatic carbocycles. The largest absolute Gasteiger partial charge is 0.468 e. The summed E-state index contributed by atoms with van der Waals surface area (Å²) in [5.41, 5.74) is 0.289. The lowest BCUT2D eigenvalue weighted by atomic mass is 9.91. The second-order valence-corrected chi connectivity index (χ2v) is 5.61. The van der Waals surface area contributed by atoms with Crippen molar-refractivity contribution in [1.29, 1.82) is 0 Å². The third-order valence-electron chi connectivity index (χ3n) is 4.09. The average Bonchev–Trinajstić information content (AvgIpc) is 2.51. The first kappa shape index (κ1) is 12.4. The van der Waals surface area contributed by atoms with E-state index in [2.05, 4.69) is 16.9 Å². The van der Waals surface area contributed by atoms with Gasteiger partial charge < -0.3 is 14.5 Å². The van der Waals surface area contributed by atoms with E-state index in [1.165, 1.54) is 0 Å². The molecule has 0 radical (unpaired) electrons. The maximum absolute atomic E-state index is 12.3. The van der Waals surface area contributed by atoms with Gasteiger partial charge in [0, 0.05) is 39.2 Å². The third kappa shape index (κ3) is 2.18. The number of amides is 1. The lowest BCUT2D eigenvalue weighted by molar-refractivity contribution is -0.00885. The second kappa shape index (κ2) is 4.49. The van der Waals surface area contributed by atoms with Crippen LogP contribution in [0, 0.1) is 0 Å². The summed E-state index contributed by atoms with van der Waals surface area (Å²) in [6, 6.07) is 3.57. The van der Waals surface area contributed by atoms with Crippen LogP contribution < -0.4 is 4.74 Å². The Labute approximate surface area is 113 Å². The van der Waals surface area contributed by atoms with Crippen LogP contribution in [0.3, 0.4) is 0 Å². The highest BCUT2D eigenvalue weighted by Gasteiger charge is 2.41. The number of likely N-dealkylation sites (tertiary alicyclic amines) is 1. The van der Waals surface area contributed by atoms with Gasteiger partial charge in [-0.25, -0.2) is 4.98 Å². The van der Waals surface area contributed by atoms with Gasteiger partial charge in [-0.15, -0.1) is 0 Å². The lowest BCUT2D eigenvalue weighted by Crippen LogP contribution is -2.52. The number of hydrogen-bond donors (Lipinski definition) is 0. The van der Waals surface area contributed by atoms with E-state index in [-0.39, 0.29) is 11.5 Å². The number of likely N-dealkylation sites (N-methyl/N-ethyl adjacent to an activating group) is 1. The van der Waals surface area contributed by atoms with Gasteiger partial charge in [0.1, 0.15) is 11.2 Å². The highest BCUT2D eigenvalue weighted by Crippen LogP contribution is 2.33. The van der Waals surface area contributed by atoms with E-state index < -0.39 is 0 Å². The summed E-state index contributed by atoms with van der Waals surface area (Å²) in [6.07, 6.45) is 3.54. The lowest BCUT2D eigenvalue weighted by Gasteiger charge is -2.40. The molecule has 0 bridgehead atoms. The molecule has 0 aliphatic carbocycles. The van der Waals surface area contributed by atoms with Crippen LogP contribution in [0.2, 0.25) is 0 Å². The molecule has 1 spiro atoms. The van der Waals surface area contributed by atoms with E-state index in [9.17, 15) is 4.79 Å². The molecule has 19 heavy (non-hydrogen) atoms. The Bertz CT molecular complexity index is 495. The minimum absolute atomic E-state index is 0.00102. The number of nitrogens with zero attached hydrogens (tertiary/aromatic N) is 3. The summed E-state index contributed by atoms with van der Waals surface area (Å²) in [5.74, 6) is 0.486. The molecule has 1 amide bonds. The molecule has 0 unspecified atom stereocenters. The molecular formula is C14H19N3O2. The Balaban J connectivity index is 1.96. The van der Waals surface area contributed by atoms with Crippen LogP contribution in [0.5, 0.6) is 5.88 Å². The molecular weight excluding hydrogens is 242 g/mol. The smallest absolute Gasteiger partial charge is 0.259 e. The van der Waals surface area contributed by atoms with Gasteiger partial charge in [0.05, 0.1) is 6.54 Å². The first-order valence-corrected chi connectivity index (χ1v) is 6.68. The van der Waals surface area contributed by atoms with Crippen LogP contribution in [0.25, 0.3) is 0 Å². The number of fused-ring (bicyclic) bond motifs is 1. The normalized spacial score (nSPS) is 22.8. The number of ether oxygens (including phenoxy) is 1. The summed E-state index contributed by atoms with van der Waals surface area (Å²) in [6.45, 7) is 2.62. The van der Waals surface area contributed by atoms with Crippen molar-refractivity contribution in [3.05, 3.63) is 23.9 Å². The molecule has 2 aliphatic heterocycles. The molecule has 0 N–H and O–H groups in total. The van der Waals surface area contributed by atoms with Gasteiger partial charge in [0.2, 0.25) is 5.88 Å². The van der Waals surface area contributed by atoms with Crippen LogP contribution in [-0.2, 0) is 0 Å². The van der Waals surface area contributed by atoms with Gasteiger partial charge in [0.15, 0.2) is 0 Å². The Morgan fingerprint density at radius 3 is 2.79 bits per heavy atom. The van der Waals surface area contributed by atoms with E-state index in [0.717, 1.165) is 25.9 Å². The standard InChI is InChI=1S/C14H19N3O2/c1-16-8-5-14(6-9-16)10-17(2)13(18)11-4-3-7-15-12(11)19-14/h3-4,7H,5-6,8-10H2,1-2H3. The fourth-order valence-corrected chi connectivity index (χ4v) is 2.87. The molecule has 5 nitrogen and oxygen atoms in total. The Morgan fingerprint density at radius 1 is 1.32 bits per heavy atom. The van der Waals surface area contributed by atoms with Crippen molar-refractivity contribution in [3.8, 4) is 5.88 Å². The van der Waals surface area contributed by atoms with Gasteiger partial charge in [-0.3, -0.25) is 4.79 Å². The summed E-state index contributed by atoms with van der Waals surface area (Å²) < 4.78 is 6.17. The number of piperidine rings is 1. The molecule has 0 atom stereocenters. The van der Waals surface area contributed by atoms with E-state index >= 15 is 0 Å². The van der Waals surface area contributed by atoms with Crippen molar-refractivity contribution in [2.75, 3.05) is 33.7 Å². The molecule has 1 saturated heterocycles. The number of aromatic nitrogens is 1. The quantitative estimate of drug-likeness (QED) is 0.699. The molecule has 1 aromatic heterocycles. The monoisotopic (exact) mass is 261 g/mol. The maximum atomic E-state index is 12.3. The van der Waals surface area contributed by atoms with Crippen LogP contribution >= 0.6 is 0 Å². The summed E-state index contributed by atoms with van der Waals surface area (Å²) in [7, 11) is 3.96.